The lowest BCUT2D eigenvalue weighted by atomic mass is 10.0. The molecule has 146 valence electrons. The van der Waals surface area contributed by atoms with Gasteiger partial charge in [0.1, 0.15) is 18.1 Å². The van der Waals surface area contributed by atoms with Crippen molar-refractivity contribution in [2.45, 2.75) is 13.8 Å². The highest BCUT2D eigenvalue weighted by atomic mass is 16.5. The Morgan fingerprint density at radius 3 is 2.21 bits per heavy atom. The van der Waals surface area contributed by atoms with Crippen LogP contribution in [0.1, 0.15) is 13.8 Å². The molecule has 2 aromatic carbocycles. The third kappa shape index (κ3) is 4.90. The largest absolute Gasteiger partial charge is 0.496 e. The number of likely N-dealkylation sites (N-methyl/N-ethyl adjacent to an activating group) is 1. The molecule has 0 aliphatic carbocycles. The molecule has 0 unspecified atom stereocenters. The first-order chi connectivity index (χ1) is 13.7. The van der Waals surface area contributed by atoms with Crippen LogP contribution in [0.25, 0.3) is 22.4 Å². The normalized spacial score (nSPS) is 10.9. The van der Waals surface area contributed by atoms with Crippen molar-refractivity contribution in [3.63, 3.8) is 0 Å². The van der Waals surface area contributed by atoms with E-state index >= 15 is 0 Å². The van der Waals surface area contributed by atoms with E-state index in [1.807, 2.05) is 48.7 Å². The third-order valence-electron chi connectivity index (χ3n) is 4.90. The molecule has 3 aromatic rings. The van der Waals surface area contributed by atoms with Crippen molar-refractivity contribution in [3.05, 3.63) is 66.9 Å². The van der Waals surface area contributed by atoms with E-state index in [-0.39, 0.29) is 0 Å². The standard InChI is InChI=1S/C24H28N2O2/c1-4-26(5-2)16-17-28-21-13-10-19(11-14-21)23-15-12-20(18-25-23)22-8-6-7-9-24(22)27-3/h6-15,18H,4-5,16-17H2,1-3H3. The number of benzene rings is 2. The number of methoxy groups -OCH3 is 1. The number of hydrogen-bond donors (Lipinski definition) is 0. The van der Waals surface area contributed by atoms with Crippen molar-refractivity contribution in [3.8, 4) is 33.9 Å². The van der Waals surface area contributed by atoms with Gasteiger partial charge in [-0.15, -0.1) is 0 Å². The molecule has 0 saturated carbocycles. The van der Waals surface area contributed by atoms with Crippen molar-refractivity contribution in [2.24, 2.45) is 0 Å². The van der Waals surface area contributed by atoms with Crippen LogP contribution in [-0.2, 0) is 0 Å². The summed E-state index contributed by atoms with van der Waals surface area (Å²) >= 11 is 0. The highest BCUT2D eigenvalue weighted by molar-refractivity contribution is 5.71. The van der Waals surface area contributed by atoms with E-state index < -0.39 is 0 Å². The Kier molecular flexibility index (Phi) is 7.04. The van der Waals surface area contributed by atoms with Gasteiger partial charge in [-0.25, -0.2) is 0 Å². The molecule has 0 N–H and O–H groups in total. The van der Waals surface area contributed by atoms with Gasteiger partial charge in [-0.3, -0.25) is 4.98 Å². The molecular formula is C24H28N2O2. The number of para-hydroxylation sites is 1. The molecular weight excluding hydrogens is 348 g/mol. The zero-order valence-corrected chi connectivity index (χ0v) is 16.9. The van der Waals surface area contributed by atoms with E-state index in [0.717, 1.165) is 53.5 Å². The average Bonchev–Trinajstić information content (AvgIpc) is 2.77. The summed E-state index contributed by atoms with van der Waals surface area (Å²) in [5.41, 5.74) is 4.09. The van der Waals surface area contributed by atoms with Crippen molar-refractivity contribution in [1.29, 1.82) is 0 Å². The van der Waals surface area contributed by atoms with Crippen LogP contribution >= 0.6 is 0 Å². The van der Waals surface area contributed by atoms with E-state index in [4.69, 9.17) is 9.47 Å². The Labute approximate surface area is 167 Å². The highest BCUT2D eigenvalue weighted by Crippen LogP contribution is 2.30. The Bertz CT molecular complexity index is 857. The molecule has 4 heteroatoms. The van der Waals surface area contributed by atoms with E-state index in [0.29, 0.717) is 6.61 Å². The quantitative estimate of drug-likeness (QED) is 0.518. The molecule has 0 aliphatic heterocycles. The second kappa shape index (κ2) is 9.90. The Hall–Kier alpha value is -2.85. The summed E-state index contributed by atoms with van der Waals surface area (Å²) in [5.74, 6) is 1.74. The van der Waals surface area contributed by atoms with Crippen LogP contribution < -0.4 is 9.47 Å². The molecule has 1 heterocycles. The maximum absolute atomic E-state index is 5.86. The number of pyridine rings is 1. The minimum absolute atomic E-state index is 0.701. The van der Waals surface area contributed by atoms with Crippen molar-refractivity contribution in [2.75, 3.05) is 33.4 Å². The maximum atomic E-state index is 5.86. The van der Waals surface area contributed by atoms with Crippen LogP contribution in [0, 0.1) is 0 Å². The fourth-order valence-electron chi connectivity index (χ4n) is 3.16. The number of nitrogens with zero attached hydrogens (tertiary/aromatic N) is 2. The first kappa shape index (κ1) is 19.9. The molecule has 0 spiro atoms. The van der Waals surface area contributed by atoms with Crippen LogP contribution in [0.2, 0.25) is 0 Å². The minimum Gasteiger partial charge on any atom is -0.496 e. The molecule has 0 fully saturated rings. The van der Waals surface area contributed by atoms with Crippen LogP contribution in [0.15, 0.2) is 66.9 Å². The monoisotopic (exact) mass is 376 g/mol. The minimum atomic E-state index is 0.701. The van der Waals surface area contributed by atoms with E-state index in [1.54, 1.807) is 7.11 Å². The average molecular weight is 377 g/mol. The SMILES string of the molecule is CCN(CC)CCOc1ccc(-c2ccc(-c3ccccc3OC)cn2)cc1. The number of hydrogen-bond acceptors (Lipinski definition) is 4. The fourth-order valence-corrected chi connectivity index (χ4v) is 3.16. The van der Waals surface area contributed by atoms with Crippen molar-refractivity contribution in [1.82, 2.24) is 9.88 Å². The smallest absolute Gasteiger partial charge is 0.126 e. The third-order valence-corrected chi connectivity index (χ3v) is 4.90. The summed E-state index contributed by atoms with van der Waals surface area (Å²) in [7, 11) is 1.69. The summed E-state index contributed by atoms with van der Waals surface area (Å²) in [4.78, 5) is 6.98. The Morgan fingerprint density at radius 2 is 1.57 bits per heavy atom. The second-order valence-electron chi connectivity index (χ2n) is 6.53. The molecule has 0 atom stereocenters. The molecule has 0 radical (unpaired) electrons. The van der Waals surface area contributed by atoms with Crippen LogP contribution in [0.5, 0.6) is 11.5 Å². The zero-order chi connectivity index (χ0) is 19.8. The summed E-state index contributed by atoms with van der Waals surface area (Å²) in [6, 6.07) is 20.2. The summed E-state index contributed by atoms with van der Waals surface area (Å²) in [5, 5.41) is 0. The van der Waals surface area contributed by atoms with Gasteiger partial charge in [-0.2, -0.15) is 0 Å². The first-order valence-electron chi connectivity index (χ1n) is 9.80. The molecule has 3 rings (SSSR count). The van der Waals surface area contributed by atoms with E-state index in [1.165, 1.54) is 0 Å². The summed E-state index contributed by atoms with van der Waals surface area (Å²) in [6.45, 7) is 8.09. The lowest BCUT2D eigenvalue weighted by molar-refractivity contribution is 0.223. The molecule has 4 nitrogen and oxygen atoms in total. The van der Waals surface area contributed by atoms with Gasteiger partial charge in [0.2, 0.25) is 0 Å². The van der Waals surface area contributed by atoms with Gasteiger partial charge in [0.05, 0.1) is 12.8 Å². The maximum Gasteiger partial charge on any atom is 0.126 e. The van der Waals surface area contributed by atoms with Crippen LogP contribution in [0.4, 0.5) is 0 Å². The van der Waals surface area contributed by atoms with Crippen molar-refractivity contribution < 1.29 is 9.47 Å². The van der Waals surface area contributed by atoms with Gasteiger partial charge in [0.15, 0.2) is 0 Å². The molecule has 1 aromatic heterocycles. The predicted octanol–water partition coefficient (Wildman–Crippen LogP) is 5.14. The van der Waals surface area contributed by atoms with E-state index in [2.05, 4.69) is 41.9 Å². The second-order valence-corrected chi connectivity index (χ2v) is 6.53. The van der Waals surface area contributed by atoms with E-state index in [9.17, 15) is 0 Å². The molecule has 0 amide bonds. The van der Waals surface area contributed by atoms with Gasteiger partial charge in [0, 0.05) is 29.4 Å². The number of aromatic nitrogens is 1. The Balaban J connectivity index is 1.66. The van der Waals surface area contributed by atoms with Gasteiger partial charge in [-0.1, -0.05) is 38.1 Å². The van der Waals surface area contributed by atoms with Gasteiger partial charge in [0.25, 0.3) is 0 Å². The van der Waals surface area contributed by atoms with Crippen LogP contribution in [0.3, 0.4) is 0 Å². The molecule has 0 bridgehead atoms. The number of ether oxygens (including phenoxy) is 2. The van der Waals surface area contributed by atoms with Crippen molar-refractivity contribution >= 4 is 0 Å². The highest BCUT2D eigenvalue weighted by Gasteiger charge is 2.07. The Morgan fingerprint density at radius 1 is 0.857 bits per heavy atom. The fraction of sp³-hybridized carbons (Fsp3) is 0.292. The summed E-state index contributed by atoms with van der Waals surface area (Å²) < 4.78 is 11.3. The lowest BCUT2D eigenvalue weighted by Gasteiger charge is -2.18. The lowest BCUT2D eigenvalue weighted by Crippen LogP contribution is -2.27. The first-order valence-corrected chi connectivity index (χ1v) is 9.80. The molecule has 0 aliphatic rings. The predicted molar refractivity (Wildman–Crippen MR) is 115 cm³/mol. The molecule has 0 saturated heterocycles. The zero-order valence-electron chi connectivity index (χ0n) is 16.9. The summed E-state index contributed by atoms with van der Waals surface area (Å²) in [6.07, 6.45) is 1.89. The topological polar surface area (TPSA) is 34.6 Å². The van der Waals surface area contributed by atoms with Gasteiger partial charge in [-0.05, 0) is 49.5 Å². The van der Waals surface area contributed by atoms with Crippen LogP contribution in [-0.4, -0.2) is 43.2 Å². The van der Waals surface area contributed by atoms with Gasteiger partial charge < -0.3 is 14.4 Å². The number of rotatable bonds is 9. The van der Waals surface area contributed by atoms with Gasteiger partial charge >= 0.3 is 0 Å². The molecule has 28 heavy (non-hydrogen) atoms.